The molecule has 2 aromatic heterocycles. The zero-order valence-corrected chi connectivity index (χ0v) is 15.8. The molecule has 0 bridgehead atoms. The maximum atomic E-state index is 13.5. The van der Waals surface area contributed by atoms with E-state index in [9.17, 15) is 18.0 Å². The van der Waals surface area contributed by atoms with E-state index < -0.39 is 23.2 Å². The first kappa shape index (κ1) is 19.7. The van der Waals surface area contributed by atoms with Crippen LogP contribution < -0.4 is 10.1 Å². The van der Waals surface area contributed by atoms with Crippen LogP contribution in [0.15, 0.2) is 36.4 Å². The maximum Gasteiger partial charge on any atom is 0.433 e. The Bertz CT molecular complexity index is 1040. The zero-order chi connectivity index (χ0) is 20.7. The molecule has 0 spiro atoms. The summed E-state index contributed by atoms with van der Waals surface area (Å²) in [6.45, 7) is 5.29. The number of carbonyl (C=O) groups excluding carboxylic acids is 1. The van der Waals surface area contributed by atoms with Crippen LogP contribution in [0.2, 0.25) is 0 Å². The van der Waals surface area contributed by atoms with Crippen molar-refractivity contribution in [3.05, 3.63) is 53.5 Å². The van der Waals surface area contributed by atoms with E-state index >= 15 is 0 Å². The lowest BCUT2D eigenvalue weighted by Gasteiger charge is -2.19. The summed E-state index contributed by atoms with van der Waals surface area (Å²) in [5.41, 5.74) is -1.12. The van der Waals surface area contributed by atoms with E-state index in [1.165, 1.54) is 13.2 Å². The van der Waals surface area contributed by atoms with Gasteiger partial charge in [0.15, 0.2) is 11.3 Å². The first-order chi connectivity index (χ1) is 13.0. The summed E-state index contributed by atoms with van der Waals surface area (Å²) in [4.78, 5) is 16.7. The Balaban J connectivity index is 2.04. The molecule has 148 valence electrons. The largest absolute Gasteiger partial charge is 0.497 e. The van der Waals surface area contributed by atoms with Crippen LogP contribution in [0.4, 0.5) is 18.9 Å². The second-order valence-corrected chi connectivity index (χ2v) is 7.26. The standard InChI is InChI=1S/C19H19F3N4O2/c1-18(2,3)14-10-15(19(20,21)22)26-16(24-14)9-13(25-26)17(27)23-11-6-5-7-12(8-11)28-4/h5-10H,1-4H3,(H,23,27). The van der Waals surface area contributed by atoms with Gasteiger partial charge in [-0.15, -0.1) is 0 Å². The first-order valence-electron chi connectivity index (χ1n) is 8.43. The fraction of sp³-hybridized carbons (Fsp3) is 0.316. The third-order valence-electron chi connectivity index (χ3n) is 4.05. The monoisotopic (exact) mass is 392 g/mol. The van der Waals surface area contributed by atoms with Crippen molar-refractivity contribution in [1.82, 2.24) is 14.6 Å². The molecule has 3 rings (SSSR count). The van der Waals surface area contributed by atoms with Crippen LogP contribution in [-0.2, 0) is 11.6 Å². The van der Waals surface area contributed by atoms with Gasteiger partial charge < -0.3 is 10.1 Å². The molecule has 0 fully saturated rings. The first-order valence-corrected chi connectivity index (χ1v) is 8.43. The van der Waals surface area contributed by atoms with Gasteiger partial charge in [0.2, 0.25) is 0 Å². The summed E-state index contributed by atoms with van der Waals surface area (Å²) in [6.07, 6.45) is -4.65. The van der Waals surface area contributed by atoms with Gasteiger partial charge in [0.1, 0.15) is 11.4 Å². The number of amides is 1. The molecule has 6 nitrogen and oxygen atoms in total. The Hall–Kier alpha value is -3.10. The van der Waals surface area contributed by atoms with Crippen LogP contribution in [0.5, 0.6) is 5.75 Å². The maximum absolute atomic E-state index is 13.5. The van der Waals surface area contributed by atoms with Crippen LogP contribution in [0.25, 0.3) is 5.65 Å². The Morgan fingerprint density at radius 2 is 1.86 bits per heavy atom. The van der Waals surface area contributed by atoms with Crippen molar-refractivity contribution in [2.75, 3.05) is 12.4 Å². The van der Waals surface area contributed by atoms with Crippen LogP contribution in [0.3, 0.4) is 0 Å². The molecule has 1 aromatic carbocycles. The van der Waals surface area contributed by atoms with Gasteiger partial charge >= 0.3 is 6.18 Å². The number of aromatic nitrogens is 3. The van der Waals surface area contributed by atoms with Crippen LogP contribution in [0.1, 0.15) is 42.6 Å². The van der Waals surface area contributed by atoms with Gasteiger partial charge in [0.05, 0.1) is 12.8 Å². The molecule has 0 aliphatic rings. The van der Waals surface area contributed by atoms with Gasteiger partial charge in [0, 0.05) is 23.2 Å². The minimum absolute atomic E-state index is 0.0458. The number of carbonyl (C=O) groups is 1. The van der Waals surface area contributed by atoms with Crippen molar-refractivity contribution in [2.24, 2.45) is 0 Å². The SMILES string of the molecule is COc1cccc(NC(=O)c2cc3nc(C(C)(C)C)cc(C(F)(F)F)n3n2)c1. The normalized spacial score (nSPS) is 12.2. The number of fused-ring (bicyclic) bond motifs is 1. The Morgan fingerprint density at radius 1 is 1.14 bits per heavy atom. The van der Waals surface area contributed by atoms with Gasteiger partial charge in [-0.05, 0) is 18.2 Å². The fourth-order valence-electron chi connectivity index (χ4n) is 2.57. The lowest BCUT2D eigenvalue weighted by molar-refractivity contribution is -0.142. The number of nitrogens with one attached hydrogen (secondary N) is 1. The third-order valence-corrected chi connectivity index (χ3v) is 4.05. The number of rotatable bonds is 3. The number of hydrogen-bond acceptors (Lipinski definition) is 4. The van der Waals surface area contributed by atoms with E-state index in [2.05, 4.69) is 15.4 Å². The molecule has 0 aliphatic carbocycles. The minimum Gasteiger partial charge on any atom is -0.497 e. The molecule has 1 amide bonds. The summed E-state index contributed by atoms with van der Waals surface area (Å²) < 4.78 is 46.3. The van der Waals surface area contributed by atoms with Crippen molar-refractivity contribution in [2.45, 2.75) is 32.4 Å². The summed E-state index contributed by atoms with van der Waals surface area (Å²) in [5, 5.41) is 6.42. The van der Waals surface area contributed by atoms with Crippen molar-refractivity contribution >= 4 is 17.2 Å². The molecular weight excluding hydrogens is 373 g/mol. The highest BCUT2D eigenvalue weighted by atomic mass is 19.4. The van der Waals surface area contributed by atoms with Crippen LogP contribution in [0, 0.1) is 0 Å². The second-order valence-electron chi connectivity index (χ2n) is 7.26. The molecule has 1 N–H and O–H groups in total. The number of halogens is 3. The smallest absolute Gasteiger partial charge is 0.433 e. The number of methoxy groups -OCH3 is 1. The predicted octanol–water partition coefficient (Wildman–Crippen LogP) is 4.31. The van der Waals surface area contributed by atoms with Crippen LogP contribution in [-0.4, -0.2) is 27.6 Å². The van der Waals surface area contributed by atoms with Gasteiger partial charge in [0.25, 0.3) is 5.91 Å². The average Bonchev–Trinajstić information content (AvgIpc) is 3.03. The summed E-state index contributed by atoms with van der Waals surface area (Å²) >= 11 is 0. The number of anilines is 1. The van der Waals surface area contributed by atoms with Crippen molar-refractivity contribution < 1.29 is 22.7 Å². The average molecular weight is 392 g/mol. The highest BCUT2D eigenvalue weighted by Gasteiger charge is 2.36. The van der Waals surface area contributed by atoms with Gasteiger partial charge in [-0.25, -0.2) is 9.50 Å². The summed E-state index contributed by atoms with van der Waals surface area (Å²) in [6, 6.07) is 8.80. The fourth-order valence-corrected chi connectivity index (χ4v) is 2.57. The third kappa shape index (κ3) is 3.92. The lowest BCUT2D eigenvalue weighted by atomic mass is 9.91. The van der Waals surface area contributed by atoms with E-state index in [1.807, 2.05) is 0 Å². The van der Waals surface area contributed by atoms with E-state index in [0.29, 0.717) is 16.0 Å². The van der Waals surface area contributed by atoms with Crippen molar-refractivity contribution in [1.29, 1.82) is 0 Å². The molecule has 0 saturated heterocycles. The van der Waals surface area contributed by atoms with Gasteiger partial charge in [-0.3, -0.25) is 4.79 Å². The van der Waals surface area contributed by atoms with E-state index in [0.717, 1.165) is 6.07 Å². The van der Waals surface area contributed by atoms with Gasteiger partial charge in [-0.2, -0.15) is 18.3 Å². The Labute approximate surface area is 159 Å². The molecule has 3 aromatic rings. The summed E-state index contributed by atoms with van der Waals surface area (Å²) in [7, 11) is 1.49. The molecule has 2 heterocycles. The molecule has 0 aliphatic heterocycles. The number of ether oxygens (including phenoxy) is 1. The van der Waals surface area contributed by atoms with Crippen molar-refractivity contribution in [3.63, 3.8) is 0 Å². The summed E-state index contributed by atoms with van der Waals surface area (Å²) in [5.74, 6) is -0.118. The van der Waals surface area contributed by atoms with Gasteiger partial charge in [-0.1, -0.05) is 26.8 Å². The quantitative estimate of drug-likeness (QED) is 0.721. The Kier molecular flexibility index (Phi) is 4.78. The van der Waals surface area contributed by atoms with Crippen molar-refractivity contribution in [3.8, 4) is 5.75 Å². The number of nitrogens with zero attached hydrogens (tertiary/aromatic N) is 3. The molecule has 0 saturated carbocycles. The molecular formula is C19H19F3N4O2. The molecule has 0 radical (unpaired) electrons. The highest BCUT2D eigenvalue weighted by Crippen LogP contribution is 2.32. The second kappa shape index (κ2) is 6.81. The predicted molar refractivity (Wildman–Crippen MR) is 97.6 cm³/mol. The topological polar surface area (TPSA) is 68.5 Å². The number of benzene rings is 1. The van der Waals surface area contributed by atoms with E-state index in [1.54, 1.807) is 45.0 Å². The number of hydrogen-bond donors (Lipinski definition) is 1. The van der Waals surface area contributed by atoms with E-state index in [-0.39, 0.29) is 17.0 Å². The molecule has 9 heteroatoms. The lowest BCUT2D eigenvalue weighted by Crippen LogP contribution is -2.20. The molecule has 28 heavy (non-hydrogen) atoms. The number of alkyl halides is 3. The highest BCUT2D eigenvalue weighted by molar-refractivity contribution is 6.03. The molecule has 0 atom stereocenters. The zero-order valence-electron chi connectivity index (χ0n) is 15.8. The van der Waals surface area contributed by atoms with E-state index in [4.69, 9.17) is 4.74 Å². The molecule has 0 unspecified atom stereocenters. The van der Waals surface area contributed by atoms with Crippen LogP contribution >= 0.6 is 0 Å². The Morgan fingerprint density at radius 3 is 2.46 bits per heavy atom. The minimum atomic E-state index is -4.65.